The van der Waals surface area contributed by atoms with Crippen molar-refractivity contribution in [2.45, 2.75) is 70.2 Å². The Morgan fingerprint density at radius 3 is 2.13 bits per heavy atom. The first-order valence-corrected chi connectivity index (χ1v) is 17.9. The molecule has 1 aromatic heterocycles. The molecule has 1 N–H and O–H groups in total. The summed E-state index contributed by atoms with van der Waals surface area (Å²) in [4.78, 5) is 54.2. The molecule has 2 heterocycles. The van der Waals surface area contributed by atoms with Crippen LogP contribution in [0, 0.1) is 0 Å². The number of esters is 1. The average Bonchev–Trinajstić information content (AvgIpc) is 3.78. The van der Waals surface area contributed by atoms with Crippen LogP contribution >= 0.6 is 0 Å². The van der Waals surface area contributed by atoms with Gasteiger partial charge in [-0.05, 0) is 80.0 Å². The molecule has 0 spiro atoms. The fourth-order valence-corrected chi connectivity index (χ4v) is 7.52. The van der Waals surface area contributed by atoms with E-state index in [4.69, 9.17) is 14.5 Å². The minimum atomic E-state index is -0.951. The van der Waals surface area contributed by atoms with E-state index < -0.39 is 29.7 Å². The quantitative estimate of drug-likeness (QED) is 0.163. The van der Waals surface area contributed by atoms with Crippen molar-refractivity contribution in [3.05, 3.63) is 137 Å². The number of likely N-dealkylation sites (tertiary alicyclic amines) is 1. The second kappa shape index (κ2) is 14.5. The first-order chi connectivity index (χ1) is 25.1. The van der Waals surface area contributed by atoms with Crippen LogP contribution in [0.4, 0.5) is 4.79 Å². The third-order valence-corrected chi connectivity index (χ3v) is 9.87. The summed E-state index contributed by atoms with van der Waals surface area (Å²) in [5, 5.41) is 0. The van der Waals surface area contributed by atoms with Gasteiger partial charge < -0.3 is 19.4 Å². The number of fused-ring (bicyclic) bond motifs is 3. The van der Waals surface area contributed by atoms with E-state index in [9.17, 15) is 9.59 Å². The van der Waals surface area contributed by atoms with Gasteiger partial charge in [0.15, 0.2) is 0 Å². The lowest BCUT2D eigenvalue weighted by molar-refractivity contribution is -0.141. The zero-order valence-electron chi connectivity index (χ0n) is 30.0. The maximum absolute atomic E-state index is 15.3. The van der Waals surface area contributed by atoms with Crippen molar-refractivity contribution in [3.63, 3.8) is 0 Å². The molecule has 1 aliphatic carbocycles. The molecule has 1 aliphatic heterocycles. The molecule has 0 bridgehead atoms. The first-order valence-electron chi connectivity index (χ1n) is 17.9. The van der Waals surface area contributed by atoms with E-state index >= 15 is 4.79 Å². The fourth-order valence-electron chi connectivity index (χ4n) is 7.52. The number of aromatic amines is 1. The number of ether oxygens (including phenoxy) is 2. The summed E-state index contributed by atoms with van der Waals surface area (Å²) in [6.45, 7) is 6.01. The molecule has 2 unspecified atom stereocenters. The van der Waals surface area contributed by atoms with Crippen molar-refractivity contribution in [1.29, 1.82) is 0 Å². The largest absolute Gasteiger partial charge is 0.456 e. The van der Waals surface area contributed by atoms with E-state index in [1.165, 1.54) is 7.11 Å². The second-order valence-corrected chi connectivity index (χ2v) is 14.5. The lowest BCUT2D eigenvalue weighted by atomic mass is 9.94. The Kier molecular flexibility index (Phi) is 9.69. The average molecular weight is 697 g/mol. The third-order valence-electron chi connectivity index (χ3n) is 9.87. The van der Waals surface area contributed by atoms with Crippen molar-refractivity contribution in [2.75, 3.05) is 13.7 Å². The van der Waals surface area contributed by atoms with Gasteiger partial charge in [0, 0.05) is 24.7 Å². The Hall–Kier alpha value is -5.70. The standard InChI is InChI=1S/C43H44N4O5/c1-43(2,3)52-41(49)30-23-21-28(22-24-30)26-37(47(42(50)51-4)38-33-18-10-8-16-31(33)32-17-9-11-19-34(32)38)40(48)46-25-13-12-20-36(46)39-44-27-35(45-39)29-14-6-5-7-15-29/h5-11,14-19,21-24,27,36-38H,12-13,20,25-26H2,1-4H3,(H,44,45). The van der Waals surface area contributed by atoms with Crippen LogP contribution in [0.3, 0.4) is 0 Å². The molecule has 2 atom stereocenters. The number of hydrogen-bond donors (Lipinski definition) is 1. The maximum Gasteiger partial charge on any atom is 0.410 e. The topological polar surface area (TPSA) is 105 Å². The lowest BCUT2D eigenvalue weighted by Gasteiger charge is -2.41. The van der Waals surface area contributed by atoms with Crippen LogP contribution in [0.5, 0.6) is 0 Å². The zero-order valence-corrected chi connectivity index (χ0v) is 30.0. The molecule has 5 aromatic rings. The summed E-state index contributed by atoms with van der Waals surface area (Å²) < 4.78 is 11.1. The van der Waals surface area contributed by atoms with E-state index in [0.29, 0.717) is 17.9 Å². The Labute approximate surface area is 304 Å². The minimum absolute atomic E-state index is 0.189. The molecule has 9 heteroatoms. The molecule has 4 aromatic carbocycles. The smallest absolute Gasteiger partial charge is 0.410 e. The van der Waals surface area contributed by atoms with Gasteiger partial charge >= 0.3 is 12.1 Å². The van der Waals surface area contributed by atoms with Gasteiger partial charge in [-0.25, -0.2) is 14.6 Å². The number of H-pyrrole nitrogens is 1. The van der Waals surface area contributed by atoms with E-state index in [1.54, 1.807) is 17.0 Å². The van der Waals surface area contributed by atoms with Crippen molar-refractivity contribution < 1.29 is 23.9 Å². The molecule has 1 saturated heterocycles. The Bertz CT molecular complexity index is 2020. The number of hydrogen-bond acceptors (Lipinski definition) is 6. The molecule has 2 aliphatic rings. The van der Waals surface area contributed by atoms with Gasteiger partial charge in [-0.3, -0.25) is 9.69 Å². The van der Waals surface area contributed by atoms with Crippen molar-refractivity contribution >= 4 is 18.0 Å². The summed E-state index contributed by atoms with van der Waals surface area (Å²) in [7, 11) is 1.36. The number of benzene rings is 4. The number of methoxy groups -OCH3 is 1. The van der Waals surface area contributed by atoms with Gasteiger partial charge in [-0.2, -0.15) is 0 Å². The predicted octanol–water partition coefficient (Wildman–Crippen LogP) is 8.54. The van der Waals surface area contributed by atoms with Crippen LogP contribution in [0.15, 0.2) is 109 Å². The molecule has 7 rings (SSSR count). The molecule has 0 radical (unpaired) electrons. The Morgan fingerprint density at radius 2 is 1.50 bits per heavy atom. The number of amides is 2. The van der Waals surface area contributed by atoms with Crippen LogP contribution in [0.2, 0.25) is 0 Å². The van der Waals surface area contributed by atoms with Gasteiger partial charge in [0.1, 0.15) is 17.5 Å². The number of carbonyl (C=O) groups is 3. The number of imidazole rings is 1. The first kappa shape index (κ1) is 34.7. The van der Waals surface area contributed by atoms with E-state index in [-0.39, 0.29) is 18.4 Å². The van der Waals surface area contributed by atoms with Crippen molar-refractivity contribution in [1.82, 2.24) is 19.8 Å². The van der Waals surface area contributed by atoms with Crippen LogP contribution in [0.25, 0.3) is 22.4 Å². The van der Waals surface area contributed by atoms with E-state index in [1.807, 2.05) is 111 Å². The Balaban J connectivity index is 1.30. The van der Waals surface area contributed by atoms with E-state index in [0.717, 1.165) is 58.3 Å². The molecule has 52 heavy (non-hydrogen) atoms. The van der Waals surface area contributed by atoms with Gasteiger partial charge in [-0.15, -0.1) is 0 Å². The SMILES string of the molecule is COC(=O)N(C(Cc1ccc(C(=O)OC(C)(C)C)cc1)C(=O)N1CCCCC1c1nc(-c2ccccc2)c[nH]1)C1c2ccccc2-c2ccccc21. The van der Waals surface area contributed by atoms with Crippen LogP contribution in [0.1, 0.15) is 85.0 Å². The predicted molar refractivity (Wildman–Crippen MR) is 199 cm³/mol. The number of aromatic nitrogens is 2. The summed E-state index contributed by atoms with van der Waals surface area (Å²) in [5.74, 6) is 0.103. The molecule has 266 valence electrons. The third kappa shape index (κ3) is 6.95. The van der Waals surface area contributed by atoms with Gasteiger partial charge in [0.25, 0.3) is 0 Å². The number of piperidine rings is 1. The van der Waals surface area contributed by atoms with Gasteiger partial charge in [-0.1, -0.05) is 91.0 Å². The minimum Gasteiger partial charge on any atom is -0.456 e. The van der Waals surface area contributed by atoms with Gasteiger partial charge in [0.2, 0.25) is 5.91 Å². The summed E-state index contributed by atoms with van der Waals surface area (Å²) in [6.07, 6.45) is 3.99. The highest BCUT2D eigenvalue weighted by Crippen LogP contribution is 2.47. The highest BCUT2D eigenvalue weighted by molar-refractivity contribution is 5.90. The van der Waals surface area contributed by atoms with Crippen LogP contribution in [-0.4, -0.2) is 63.0 Å². The maximum atomic E-state index is 15.3. The van der Waals surface area contributed by atoms with Crippen molar-refractivity contribution in [2.24, 2.45) is 0 Å². The van der Waals surface area contributed by atoms with Crippen molar-refractivity contribution in [3.8, 4) is 22.4 Å². The van der Waals surface area contributed by atoms with E-state index in [2.05, 4.69) is 17.1 Å². The normalized spacial score (nSPS) is 16.1. The summed E-state index contributed by atoms with van der Waals surface area (Å²) >= 11 is 0. The van der Waals surface area contributed by atoms with Gasteiger partial charge in [0.05, 0.1) is 30.5 Å². The number of nitrogens with zero attached hydrogens (tertiary/aromatic N) is 3. The Morgan fingerprint density at radius 1 is 0.865 bits per heavy atom. The number of nitrogens with one attached hydrogen (secondary N) is 1. The highest BCUT2D eigenvalue weighted by atomic mass is 16.6. The molecule has 9 nitrogen and oxygen atoms in total. The zero-order chi connectivity index (χ0) is 36.4. The number of rotatable bonds is 8. The molecule has 2 amide bonds. The monoisotopic (exact) mass is 696 g/mol. The van der Waals surface area contributed by atoms with Crippen LogP contribution in [-0.2, 0) is 20.7 Å². The molecular formula is C43H44N4O5. The lowest BCUT2D eigenvalue weighted by Crippen LogP contribution is -2.54. The number of carbonyl (C=O) groups excluding carboxylic acids is 3. The fraction of sp³-hybridized carbons (Fsp3) is 0.302. The second-order valence-electron chi connectivity index (χ2n) is 14.5. The molecular weight excluding hydrogens is 652 g/mol. The molecule has 0 saturated carbocycles. The molecule has 1 fully saturated rings. The summed E-state index contributed by atoms with van der Waals surface area (Å²) in [6, 6.07) is 31.3. The van der Waals surface area contributed by atoms with Crippen LogP contribution < -0.4 is 0 Å². The summed E-state index contributed by atoms with van der Waals surface area (Å²) in [5.41, 5.74) is 6.26. The highest BCUT2D eigenvalue weighted by Gasteiger charge is 2.45.